The van der Waals surface area contributed by atoms with E-state index >= 15 is 0 Å². The summed E-state index contributed by atoms with van der Waals surface area (Å²) in [7, 11) is 0. The van der Waals surface area contributed by atoms with Gasteiger partial charge < -0.3 is 9.47 Å². The predicted molar refractivity (Wildman–Crippen MR) is 95.7 cm³/mol. The van der Waals surface area contributed by atoms with E-state index in [4.69, 9.17) is 9.47 Å². The Morgan fingerprint density at radius 3 is 3.08 bits per heavy atom. The van der Waals surface area contributed by atoms with E-state index in [2.05, 4.69) is 32.2 Å². The van der Waals surface area contributed by atoms with Gasteiger partial charge in [0, 0.05) is 43.2 Å². The van der Waals surface area contributed by atoms with Gasteiger partial charge in [0.1, 0.15) is 5.01 Å². The number of thiazole rings is 1. The van der Waals surface area contributed by atoms with E-state index in [9.17, 15) is 0 Å². The largest absolute Gasteiger partial charge is 0.477 e. The van der Waals surface area contributed by atoms with E-state index < -0.39 is 0 Å². The summed E-state index contributed by atoms with van der Waals surface area (Å²) in [5.41, 5.74) is 1.18. The van der Waals surface area contributed by atoms with Crippen LogP contribution in [0.3, 0.4) is 0 Å². The van der Waals surface area contributed by atoms with Gasteiger partial charge >= 0.3 is 0 Å². The first kappa shape index (κ1) is 16.9. The lowest BCUT2D eigenvalue weighted by Crippen LogP contribution is -2.64. The van der Waals surface area contributed by atoms with Crippen LogP contribution in [0.2, 0.25) is 0 Å². The van der Waals surface area contributed by atoms with Crippen molar-refractivity contribution in [2.45, 2.75) is 38.3 Å². The highest BCUT2D eigenvalue weighted by Crippen LogP contribution is 2.38. The lowest BCUT2D eigenvalue weighted by atomic mass is 9.79. The number of aromatic nitrogens is 3. The molecule has 4 rings (SSSR count). The molecule has 134 valence electrons. The smallest absolute Gasteiger partial charge is 0.232 e. The van der Waals surface area contributed by atoms with Crippen LogP contribution in [-0.2, 0) is 11.3 Å². The summed E-state index contributed by atoms with van der Waals surface area (Å²) >= 11 is 1.75. The molecule has 6 nitrogen and oxygen atoms in total. The molecule has 1 atom stereocenters. The van der Waals surface area contributed by atoms with E-state index in [0.29, 0.717) is 18.4 Å². The fraction of sp³-hybridized carbons (Fsp3) is 0.611. The summed E-state index contributed by atoms with van der Waals surface area (Å²) < 4.78 is 11.8. The lowest BCUT2D eigenvalue weighted by molar-refractivity contribution is -0.182. The zero-order valence-electron chi connectivity index (χ0n) is 14.6. The van der Waals surface area contributed by atoms with Crippen molar-refractivity contribution in [1.82, 2.24) is 19.9 Å². The van der Waals surface area contributed by atoms with Gasteiger partial charge in [0.15, 0.2) is 0 Å². The molecule has 2 aliphatic heterocycles. The number of ether oxygens (including phenoxy) is 2. The van der Waals surface area contributed by atoms with Crippen molar-refractivity contribution in [1.29, 1.82) is 0 Å². The molecule has 2 fully saturated rings. The van der Waals surface area contributed by atoms with Crippen molar-refractivity contribution < 1.29 is 9.47 Å². The topological polar surface area (TPSA) is 60.4 Å². The van der Waals surface area contributed by atoms with E-state index in [-0.39, 0.29) is 5.60 Å². The Labute approximate surface area is 152 Å². The van der Waals surface area contributed by atoms with Crippen LogP contribution in [0.5, 0.6) is 5.88 Å². The molecule has 0 aromatic carbocycles. The second-order valence-corrected chi connectivity index (χ2v) is 8.04. The summed E-state index contributed by atoms with van der Waals surface area (Å²) in [4.78, 5) is 15.2. The molecule has 2 aromatic rings. The van der Waals surface area contributed by atoms with E-state index in [0.717, 1.165) is 51.2 Å². The second kappa shape index (κ2) is 7.35. The van der Waals surface area contributed by atoms with Crippen LogP contribution in [0.1, 0.15) is 30.0 Å². The molecule has 0 bridgehead atoms. The fourth-order valence-electron chi connectivity index (χ4n) is 3.83. The number of likely N-dealkylation sites (tertiary alicyclic amines) is 1. The van der Waals surface area contributed by atoms with Crippen molar-refractivity contribution >= 4 is 11.3 Å². The van der Waals surface area contributed by atoms with Crippen LogP contribution < -0.4 is 4.74 Å². The summed E-state index contributed by atoms with van der Waals surface area (Å²) in [6.45, 7) is 6.60. The third-order valence-corrected chi connectivity index (χ3v) is 5.91. The first-order valence-corrected chi connectivity index (χ1v) is 9.75. The van der Waals surface area contributed by atoms with Crippen molar-refractivity contribution in [3.05, 3.63) is 34.7 Å². The van der Waals surface area contributed by atoms with Crippen LogP contribution in [0, 0.1) is 12.8 Å². The number of hydrogen-bond acceptors (Lipinski definition) is 7. The quantitative estimate of drug-likeness (QED) is 0.789. The summed E-state index contributed by atoms with van der Waals surface area (Å²) in [6.07, 6.45) is 8.28. The van der Waals surface area contributed by atoms with Gasteiger partial charge in [0.25, 0.3) is 0 Å². The van der Waals surface area contributed by atoms with Crippen LogP contribution in [-0.4, -0.2) is 51.8 Å². The number of hydrogen-bond donors (Lipinski definition) is 0. The minimum absolute atomic E-state index is 0.0573. The predicted octanol–water partition coefficient (Wildman–Crippen LogP) is 2.69. The maximum Gasteiger partial charge on any atom is 0.232 e. The third kappa shape index (κ3) is 4.16. The van der Waals surface area contributed by atoms with Crippen molar-refractivity contribution in [2.24, 2.45) is 5.92 Å². The molecule has 0 radical (unpaired) electrons. The normalized spacial score (nSPS) is 22.7. The summed E-state index contributed by atoms with van der Waals surface area (Å²) in [6, 6.07) is 0. The Bertz CT molecular complexity index is 687. The zero-order valence-corrected chi connectivity index (χ0v) is 15.4. The molecule has 0 saturated carbocycles. The maximum atomic E-state index is 6.15. The number of rotatable bonds is 6. The molecule has 25 heavy (non-hydrogen) atoms. The second-order valence-electron chi connectivity index (χ2n) is 7.10. The highest BCUT2D eigenvalue weighted by Gasteiger charge is 2.47. The van der Waals surface area contributed by atoms with E-state index in [1.54, 1.807) is 29.9 Å². The summed E-state index contributed by atoms with van der Waals surface area (Å²) in [5, 5.41) is 3.33. The van der Waals surface area contributed by atoms with E-state index in [1.807, 2.05) is 0 Å². The fourth-order valence-corrected chi connectivity index (χ4v) is 4.65. The highest BCUT2D eigenvalue weighted by atomic mass is 32.1. The Morgan fingerprint density at radius 1 is 1.40 bits per heavy atom. The molecule has 0 amide bonds. The minimum atomic E-state index is 0.0573. The molecule has 0 aliphatic carbocycles. The number of aryl methyl sites for hydroxylation is 1. The third-order valence-electron chi connectivity index (χ3n) is 4.96. The minimum Gasteiger partial charge on any atom is -0.477 e. The molecular formula is C18H24N4O2S. The molecule has 0 N–H and O–H groups in total. The molecule has 1 spiro atoms. The molecule has 2 saturated heterocycles. The first-order chi connectivity index (χ1) is 12.2. The van der Waals surface area contributed by atoms with Gasteiger partial charge in [-0.1, -0.05) is 0 Å². The van der Waals surface area contributed by atoms with Gasteiger partial charge in [0.05, 0.1) is 24.9 Å². The monoisotopic (exact) mass is 360 g/mol. The SMILES string of the molecule is Cc1csc(CN2CC3(C[C@H](CCOc4cnccn4)CCO3)C2)n1. The van der Waals surface area contributed by atoms with Gasteiger partial charge in [-0.25, -0.2) is 9.97 Å². The van der Waals surface area contributed by atoms with Gasteiger partial charge in [-0.3, -0.25) is 9.88 Å². The first-order valence-electron chi connectivity index (χ1n) is 8.87. The molecule has 4 heterocycles. The van der Waals surface area contributed by atoms with Crippen LogP contribution in [0.15, 0.2) is 24.0 Å². The van der Waals surface area contributed by atoms with E-state index in [1.165, 1.54) is 5.01 Å². The average Bonchev–Trinajstić information content (AvgIpc) is 3.00. The lowest BCUT2D eigenvalue weighted by Gasteiger charge is -2.53. The molecule has 2 aromatic heterocycles. The van der Waals surface area contributed by atoms with Crippen LogP contribution in [0.4, 0.5) is 0 Å². The average molecular weight is 360 g/mol. The van der Waals surface area contributed by atoms with Crippen molar-refractivity contribution in [3.63, 3.8) is 0 Å². The Morgan fingerprint density at radius 2 is 2.32 bits per heavy atom. The highest BCUT2D eigenvalue weighted by molar-refractivity contribution is 7.09. The number of nitrogens with zero attached hydrogens (tertiary/aromatic N) is 4. The Balaban J connectivity index is 1.22. The molecule has 2 aliphatic rings. The van der Waals surface area contributed by atoms with Gasteiger partial charge in [-0.2, -0.15) is 0 Å². The van der Waals surface area contributed by atoms with Gasteiger partial charge in [-0.15, -0.1) is 11.3 Å². The molecule has 0 unspecified atom stereocenters. The summed E-state index contributed by atoms with van der Waals surface area (Å²) in [5.74, 6) is 1.27. The molecular weight excluding hydrogens is 336 g/mol. The van der Waals surface area contributed by atoms with Gasteiger partial charge in [-0.05, 0) is 32.1 Å². The molecule has 7 heteroatoms. The van der Waals surface area contributed by atoms with Crippen molar-refractivity contribution in [2.75, 3.05) is 26.3 Å². The standard InChI is InChI=1S/C18H24N4O2S/c1-14-11-25-17(21-14)10-22-12-18(13-22)8-15(3-7-24-18)2-6-23-16-9-19-4-5-20-16/h4-5,9,11,15H,2-3,6-8,10,12-13H2,1H3/t15-/m1/s1. The zero-order chi connectivity index (χ0) is 17.1. The maximum absolute atomic E-state index is 6.15. The van der Waals surface area contributed by atoms with Crippen LogP contribution >= 0.6 is 11.3 Å². The van der Waals surface area contributed by atoms with Crippen molar-refractivity contribution in [3.8, 4) is 5.88 Å². The Kier molecular flexibility index (Phi) is 4.96. The van der Waals surface area contributed by atoms with Crippen LogP contribution in [0.25, 0.3) is 0 Å². The van der Waals surface area contributed by atoms with Gasteiger partial charge in [0.2, 0.25) is 5.88 Å². The Hall–Kier alpha value is -1.57.